The molecule has 3 aromatic rings. The number of para-hydroxylation sites is 1. The van der Waals surface area contributed by atoms with Gasteiger partial charge in [-0.15, -0.1) is 0 Å². The van der Waals surface area contributed by atoms with Crippen molar-refractivity contribution in [3.05, 3.63) is 65.0 Å². The molecule has 0 spiro atoms. The smallest absolute Gasteiger partial charge is 0.257 e. The number of amides is 2. The number of hydrogen-bond acceptors (Lipinski definition) is 6. The predicted molar refractivity (Wildman–Crippen MR) is 116 cm³/mol. The molecule has 0 saturated carbocycles. The molecule has 0 unspecified atom stereocenters. The van der Waals surface area contributed by atoms with E-state index in [0.717, 1.165) is 30.6 Å². The minimum atomic E-state index is -0.335. The lowest BCUT2D eigenvalue weighted by molar-refractivity contribution is -0.128. The Hall–Kier alpha value is -3.39. The molecule has 2 aromatic carbocycles. The topological polar surface area (TPSA) is 100 Å². The zero-order valence-corrected chi connectivity index (χ0v) is 17.6. The molecule has 160 valence electrons. The Balaban J connectivity index is 1.22. The molecule has 2 amide bonds. The van der Waals surface area contributed by atoms with E-state index in [1.165, 1.54) is 5.56 Å². The second-order valence-electron chi connectivity index (χ2n) is 7.27. The zero-order valence-electron chi connectivity index (χ0n) is 16.8. The van der Waals surface area contributed by atoms with Gasteiger partial charge in [0, 0.05) is 35.7 Å². The highest BCUT2D eigenvalue weighted by molar-refractivity contribution is 6.30. The number of aryl methyl sites for hydroxylation is 2. The van der Waals surface area contributed by atoms with E-state index in [2.05, 4.69) is 27.1 Å². The molecule has 0 aliphatic carbocycles. The largest absolute Gasteiger partial charge is 0.362 e. The summed E-state index contributed by atoms with van der Waals surface area (Å²) < 4.78 is 5.19. The number of carbonyl (C=O) groups excluding carboxylic acids is 2. The fraction of sp³-hybridized carbons (Fsp3) is 0.273. The van der Waals surface area contributed by atoms with Crippen molar-refractivity contribution < 1.29 is 14.1 Å². The van der Waals surface area contributed by atoms with Gasteiger partial charge in [0.2, 0.25) is 17.6 Å². The molecule has 0 fully saturated rings. The minimum absolute atomic E-state index is 0.106. The van der Waals surface area contributed by atoms with Gasteiger partial charge in [-0.05, 0) is 48.7 Å². The summed E-state index contributed by atoms with van der Waals surface area (Å²) in [6, 6.07) is 15.1. The maximum Gasteiger partial charge on any atom is 0.257 e. The normalized spacial score (nSPS) is 12.9. The van der Waals surface area contributed by atoms with Crippen LogP contribution in [-0.2, 0) is 22.4 Å². The molecule has 31 heavy (non-hydrogen) atoms. The van der Waals surface area contributed by atoms with Gasteiger partial charge < -0.3 is 9.42 Å². The molecular weight excluding hydrogens is 418 g/mol. The van der Waals surface area contributed by atoms with E-state index in [0.29, 0.717) is 16.7 Å². The molecule has 1 aliphatic heterocycles. The van der Waals surface area contributed by atoms with Crippen molar-refractivity contribution in [1.29, 1.82) is 0 Å². The third-order valence-corrected chi connectivity index (χ3v) is 5.27. The average molecular weight is 440 g/mol. The number of rotatable bonds is 6. The van der Waals surface area contributed by atoms with Gasteiger partial charge in [0.05, 0.1) is 6.54 Å². The number of aromatic nitrogens is 2. The van der Waals surface area contributed by atoms with Gasteiger partial charge in [0.15, 0.2) is 0 Å². The van der Waals surface area contributed by atoms with E-state index < -0.39 is 0 Å². The Morgan fingerprint density at radius 1 is 1.06 bits per heavy atom. The summed E-state index contributed by atoms with van der Waals surface area (Å²) in [6.07, 6.45) is 2.39. The second kappa shape index (κ2) is 9.61. The Morgan fingerprint density at radius 2 is 1.84 bits per heavy atom. The molecule has 9 heteroatoms. The molecule has 0 atom stereocenters. The first-order valence-corrected chi connectivity index (χ1v) is 10.5. The van der Waals surface area contributed by atoms with Crippen molar-refractivity contribution >= 4 is 29.1 Å². The molecule has 1 aromatic heterocycles. The van der Waals surface area contributed by atoms with Gasteiger partial charge in [0.1, 0.15) is 0 Å². The van der Waals surface area contributed by atoms with Gasteiger partial charge >= 0.3 is 0 Å². The SMILES string of the molecule is O=C(CCc1nc(-c2ccc(Cl)cc2)no1)NNC(=O)CN1CCCc2ccccc21. The summed E-state index contributed by atoms with van der Waals surface area (Å²) in [5.74, 6) is 0.171. The molecule has 0 radical (unpaired) electrons. The molecule has 2 N–H and O–H groups in total. The lowest BCUT2D eigenvalue weighted by Crippen LogP contribution is -2.47. The highest BCUT2D eigenvalue weighted by Crippen LogP contribution is 2.26. The number of hydrogen-bond donors (Lipinski definition) is 2. The van der Waals surface area contributed by atoms with Crippen LogP contribution in [0.4, 0.5) is 5.69 Å². The van der Waals surface area contributed by atoms with Crippen LogP contribution in [0.5, 0.6) is 0 Å². The van der Waals surface area contributed by atoms with Crippen molar-refractivity contribution in [2.24, 2.45) is 0 Å². The average Bonchev–Trinajstić information content (AvgIpc) is 3.26. The first kappa shape index (κ1) is 20.9. The number of benzene rings is 2. The second-order valence-corrected chi connectivity index (χ2v) is 7.71. The van der Waals surface area contributed by atoms with Crippen LogP contribution in [0.15, 0.2) is 53.1 Å². The lowest BCUT2D eigenvalue weighted by Gasteiger charge is -2.30. The Bertz CT molecular complexity index is 1070. The molecule has 8 nitrogen and oxygen atoms in total. The number of nitrogens with one attached hydrogen (secondary N) is 2. The monoisotopic (exact) mass is 439 g/mol. The van der Waals surface area contributed by atoms with Crippen LogP contribution in [0.2, 0.25) is 5.02 Å². The van der Waals surface area contributed by atoms with Crippen molar-refractivity contribution in [3.8, 4) is 11.4 Å². The molecular formula is C22H22ClN5O3. The zero-order chi connectivity index (χ0) is 21.6. The van der Waals surface area contributed by atoms with Crippen LogP contribution in [0.25, 0.3) is 11.4 Å². The van der Waals surface area contributed by atoms with E-state index >= 15 is 0 Å². The highest BCUT2D eigenvalue weighted by Gasteiger charge is 2.19. The fourth-order valence-electron chi connectivity index (χ4n) is 3.48. The Morgan fingerprint density at radius 3 is 2.68 bits per heavy atom. The molecule has 1 aliphatic rings. The molecule has 4 rings (SSSR count). The van der Waals surface area contributed by atoms with Gasteiger partial charge in [-0.3, -0.25) is 20.4 Å². The van der Waals surface area contributed by atoms with Gasteiger partial charge in [-0.1, -0.05) is 35.0 Å². The maximum atomic E-state index is 12.3. The van der Waals surface area contributed by atoms with Gasteiger partial charge in [-0.25, -0.2) is 0 Å². The van der Waals surface area contributed by atoms with E-state index in [1.54, 1.807) is 24.3 Å². The third kappa shape index (κ3) is 5.40. The highest BCUT2D eigenvalue weighted by atomic mass is 35.5. The summed E-state index contributed by atoms with van der Waals surface area (Å²) >= 11 is 5.88. The minimum Gasteiger partial charge on any atom is -0.362 e. The lowest BCUT2D eigenvalue weighted by atomic mass is 10.0. The molecule has 0 bridgehead atoms. The summed E-state index contributed by atoms with van der Waals surface area (Å²) in [4.78, 5) is 30.7. The Kier molecular flexibility index (Phi) is 6.47. The summed E-state index contributed by atoms with van der Waals surface area (Å²) in [7, 11) is 0. The van der Waals surface area contributed by atoms with Gasteiger partial charge in [-0.2, -0.15) is 4.98 Å². The van der Waals surface area contributed by atoms with Crippen molar-refractivity contribution in [2.45, 2.75) is 25.7 Å². The van der Waals surface area contributed by atoms with E-state index in [1.807, 2.05) is 23.1 Å². The standard InChI is InChI=1S/C22H22ClN5O3/c23-17-9-7-16(8-10-17)22-24-21(31-27-22)12-11-19(29)25-26-20(30)14-28-13-3-5-15-4-1-2-6-18(15)28/h1-2,4,6-10H,3,5,11-14H2,(H,25,29)(H,26,30). The van der Waals surface area contributed by atoms with Crippen LogP contribution in [0, 0.1) is 0 Å². The summed E-state index contributed by atoms with van der Waals surface area (Å²) in [6.45, 7) is 0.997. The van der Waals surface area contributed by atoms with Crippen LogP contribution in [0.1, 0.15) is 24.3 Å². The summed E-state index contributed by atoms with van der Waals surface area (Å²) in [5, 5.41) is 4.54. The first-order chi connectivity index (χ1) is 15.1. The van der Waals surface area contributed by atoms with Crippen molar-refractivity contribution in [3.63, 3.8) is 0 Å². The fourth-order valence-corrected chi connectivity index (χ4v) is 3.61. The van der Waals surface area contributed by atoms with Crippen LogP contribution in [-0.4, -0.2) is 35.0 Å². The first-order valence-electron chi connectivity index (χ1n) is 10.1. The quantitative estimate of drug-likeness (QED) is 0.573. The number of hydrazine groups is 1. The number of nitrogens with zero attached hydrogens (tertiary/aromatic N) is 3. The summed E-state index contributed by atoms with van der Waals surface area (Å²) in [5.41, 5.74) is 8.00. The Labute approximate surface area is 184 Å². The number of anilines is 1. The third-order valence-electron chi connectivity index (χ3n) is 5.02. The van der Waals surface area contributed by atoms with Gasteiger partial charge in [0.25, 0.3) is 5.91 Å². The van der Waals surface area contributed by atoms with Crippen LogP contribution in [0.3, 0.4) is 0 Å². The number of carbonyl (C=O) groups is 2. The maximum absolute atomic E-state index is 12.3. The van der Waals surface area contributed by atoms with E-state index in [9.17, 15) is 9.59 Å². The van der Waals surface area contributed by atoms with E-state index in [-0.39, 0.29) is 31.2 Å². The predicted octanol–water partition coefficient (Wildman–Crippen LogP) is 2.92. The van der Waals surface area contributed by atoms with Crippen molar-refractivity contribution in [2.75, 3.05) is 18.0 Å². The number of fused-ring (bicyclic) bond motifs is 1. The molecule has 2 heterocycles. The van der Waals surface area contributed by atoms with Crippen LogP contribution < -0.4 is 15.8 Å². The van der Waals surface area contributed by atoms with Crippen LogP contribution >= 0.6 is 11.6 Å². The van der Waals surface area contributed by atoms with E-state index in [4.69, 9.17) is 16.1 Å². The number of halogens is 1. The molecule has 0 saturated heterocycles. The van der Waals surface area contributed by atoms with Crippen molar-refractivity contribution in [1.82, 2.24) is 21.0 Å².